The number of hydrogen-bond acceptors (Lipinski definition) is 3. The molecule has 32 heavy (non-hydrogen) atoms. The van der Waals surface area contributed by atoms with E-state index in [1.165, 1.54) is 24.0 Å². The van der Waals surface area contributed by atoms with Crippen LogP contribution < -0.4 is 5.32 Å². The summed E-state index contributed by atoms with van der Waals surface area (Å²) in [6, 6.07) is 10.4. The predicted molar refractivity (Wildman–Crippen MR) is 135 cm³/mol. The molecule has 7 heteroatoms. The number of anilines is 1. The van der Waals surface area contributed by atoms with E-state index in [2.05, 4.69) is 32.5 Å². The molecule has 1 aliphatic rings. The molecule has 0 atom stereocenters. The molecule has 0 radical (unpaired) electrons. The van der Waals surface area contributed by atoms with Gasteiger partial charge in [0.1, 0.15) is 5.82 Å². The number of ether oxygens (including phenoxy) is 1. The van der Waals surface area contributed by atoms with Crippen LogP contribution in [0.4, 0.5) is 10.1 Å². The van der Waals surface area contributed by atoms with Crippen molar-refractivity contribution in [1.82, 2.24) is 4.57 Å². The van der Waals surface area contributed by atoms with Crippen LogP contribution in [-0.2, 0) is 9.53 Å². The molecule has 0 bridgehead atoms. The van der Waals surface area contributed by atoms with Gasteiger partial charge in [0.15, 0.2) is 0 Å². The molecule has 1 saturated heterocycles. The molecule has 5 nitrogen and oxygen atoms in total. The normalized spacial score (nSPS) is 15.2. The molecule has 1 aromatic heterocycles. The third-order valence-corrected chi connectivity index (χ3v) is 7.02. The number of rotatable bonds is 4. The third kappa shape index (κ3) is 4.32. The quantitative estimate of drug-likeness (QED) is 0.300. The number of fused-ring (bicyclic) bond motifs is 1. The van der Waals surface area contributed by atoms with Gasteiger partial charge >= 0.3 is 0 Å². The Hall–Kier alpha value is -2.26. The molecule has 2 heterocycles. The second-order valence-corrected chi connectivity index (χ2v) is 10.3. The molecule has 4 rings (SSSR count). The highest BCUT2D eigenvalue weighted by atomic mass is 127. The van der Waals surface area contributed by atoms with E-state index in [0.717, 1.165) is 33.0 Å². The summed E-state index contributed by atoms with van der Waals surface area (Å²) in [7, 11) is 0. The van der Waals surface area contributed by atoms with Crippen LogP contribution >= 0.6 is 22.6 Å². The Labute approximate surface area is 201 Å². The third-order valence-electron chi connectivity index (χ3n) is 5.89. The second kappa shape index (κ2) is 8.94. The molecule has 168 valence electrons. The molecule has 1 aliphatic heterocycles. The fourth-order valence-corrected chi connectivity index (χ4v) is 5.18. The Balaban J connectivity index is 1.95. The van der Waals surface area contributed by atoms with Crippen molar-refractivity contribution in [1.29, 1.82) is 5.41 Å². The van der Waals surface area contributed by atoms with E-state index in [-0.39, 0.29) is 11.7 Å². The molecular weight excluding hydrogens is 520 g/mol. The number of hydrogen-bond donors (Lipinski definition) is 2. The summed E-state index contributed by atoms with van der Waals surface area (Å²) in [6.07, 6.45) is 3.10. The van der Waals surface area contributed by atoms with Crippen molar-refractivity contribution in [2.75, 3.05) is 18.5 Å². The smallest absolute Gasteiger partial charge is 0.229 e. The minimum Gasteiger partial charge on any atom is -0.381 e. The summed E-state index contributed by atoms with van der Waals surface area (Å²) in [4.78, 5) is 12.7. The number of amides is 1. The zero-order chi connectivity index (χ0) is 23.0. The maximum atomic E-state index is 13.7. The van der Waals surface area contributed by atoms with Crippen molar-refractivity contribution >= 4 is 51.3 Å². The lowest BCUT2D eigenvalue weighted by Gasteiger charge is -2.24. The Morgan fingerprint density at radius 1 is 1.22 bits per heavy atom. The van der Waals surface area contributed by atoms with Gasteiger partial charge in [-0.3, -0.25) is 4.79 Å². The van der Waals surface area contributed by atoms with Crippen LogP contribution in [0.1, 0.15) is 50.8 Å². The maximum absolute atomic E-state index is 13.7. The average molecular weight is 547 g/mol. The monoisotopic (exact) mass is 547 g/mol. The van der Waals surface area contributed by atoms with E-state index < -0.39 is 5.41 Å². The minimum absolute atomic E-state index is 0.0995. The van der Waals surface area contributed by atoms with E-state index in [9.17, 15) is 9.18 Å². The maximum Gasteiger partial charge on any atom is 0.229 e. The zero-order valence-electron chi connectivity index (χ0n) is 18.5. The fourth-order valence-electron chi connectivity index (χ4n) is 4.07. The molecule has 2 N–H and O–H groups in total. The fraction of sp³-hybridized carbons (Fsp3) is 0.360. The zero-order valence-corrected chi connectivity index (χ0v) is 20.6. The summed E-state index contributed by atoms with van der Waals surface area (Å²) in [5.41, 5.74) is 3.70. The Morgan fingerprint density at radius 3 is 2.47 bits per heavy atom. The molecule has 1 amide bonds. The van der Waals surface area contributed by atoms with Crippen molar-refractivity contribution < 1.29 is 13.9 Å². The number of nitrogens with zero attached hydrogens (tertiary/aromatic N) is 1. The summed E-state index contributed by atoms with van der Waals surface area (Å²) in [5, 5.41) is 12.0. The van der Waals surface area contributed by atoms with Gasteiger partial charge in [-0.1, -0.05) is 20.8 Å². The Bertz CT molecular complexity index is 1170. The first kappa shape index (κ1) is 22.9. The van der Waals surface area contributed by atoms with Gasteiger partial charge < -0.3 is 20.0 Å². The molecule has 0 spiro atoms. The van der Waals surface area contributed by atoms with Crippen molar-refractivity contribution in [3.63, 3.8) is 0 Å². The number of carbonyl (C=O) groups excluding carboxylic acids is 1. The molecule has 1 fully saturated rings. The molecule has 0 saturated carbocycles. The highest BCUT2D eigenvalue weighted by Gasteiger charge is 2.28. The van der Waals surface area contributed by atoms with Gasteiger partial charge in [-0.25, -0.2) is 4.39 Å². The lowest BCUT2D eigenvalue weighted by molar-refractivity contribution is -0.123. The molecule has 2 aromatic carbocycles. The van der Waals surface area contributed by atoms with Crippen LogP contribution in [0.15, 0.2) is 36.4 Å². The minimum atomic E-state index is -0.547. The van der Waals surface area contributed by atoms with Crippen molar-refractivity contribution in [2.45, 2.75) is 39.5 Å². The van der Waals surface area contributed by atoms with Crippen LogP contribution in [0.25, 0.3) is 16.6 Å². The number of benzene rings is 2. The lowest BCUT2D eigenvalue weighted by Crippen LogP contribution is -2.28. The summed E-state index contributed by atoms with van der Waals surface area (Å²) >= 11 is 2.38. The van der Waals surface area contributed by atoms with Crippen molar-refractivity contribution in [2.24, 2.45) is 5.41 Å². The highest BCUT2D eigenvalue weighted by Crippen LogP contribution is 2.40. The molecule has 3 aromatic rings. The first-order valence-corrected chi connectivity index (χ1v) is 11.8. The van der Waals surface area contributed by atoms with Crippen LogP contribution in [-0.4, -0.2) is 29.9 Å². The largest absolute Gasteiger partial charge is 0.381 e. The van der Waals surface area contributed by atoms with E-state index in [0.29, 0.717) is 30.4 Å². The summed E-state index contributed by atoms with van der Waals surface area (Å²) < 4.78 is 22.5. The second-order valence-electron chi connectivity index (χ2n) is 9.20. The first-order valence-electron chi connectivity index (χ1n) is 10.7. The van der Waals surface area contributed by atoms with Gasteiger partial charge in [0.05, 0.1) is 11.2 Å². The summed E-state index contributed by atoms with van der Waals surface area (Å²) in [5.74, 6) is -0.0680. The number of carbonyl (C=O) groups is 1. The predicted octanol–water partition coefficient (Wildman–Crippen LogP) is 6.25. The van der Waals surface area contributed by atoms with Gasteiger partial charge in [0.25, 0.3) is 0 Å². The van der Waals surface area contributed by atoms with E-state index in [1.54, 1.807) is 12.1 Å². The van der Waals surface area contributed by atoms with Crippen LogP contribution in [0, 0.1) is 20.2 Å². The number of nitrogens with one attached hydrogen (secondary N) is 2. The first-order chi connectivity index (χ1) is 15.2. The highest BCUT2D eigenvalue weighted by molar-refractivity contribution is 14.1. The van der Waals surface area contributed by atoms with E-state index in [4.69, 9.17) is 10.1 Å². The van der Waals surface area contributed by atoms with Crippen LogP contribution in [0.3, 0.4) is 0 Å². The van der Waals surface area contributed by atoms with Crippen LogP contribution in [0.5, 0.6) is 0 Å². The van der Waals surface area contributed by atoms with Crippen LogP contribution in [0.2, 0.25) is 0 Å². The van der Waals surface area contributed by atoms with Gasteiger partial charge in [-0.15, -0.1) is 0 Å². The van der Waals surface area contributed by atoms with Crippen molar-refractivity contribution in [3.8, 4) is 5.69 Å². The molecule has 0 aliphatic carbocycles. The number of aromatic nitrogens is 1. The molecule has 0 unspecified atom stereocenters. The van der Waals surface area contributed by atoms with Gasteiger partial charge in [-0.05, 0) is 71.8 Å². The standard InChI is InChI=1S/C25H27FIN3O2/c1-25(2,3)24(31)29-20-13-19-21(12-16(20)14-28)30(18-6-4-17(26)5-7-18)23(22(19)27)15-8-10-32-11-9-15/h4-7,12-15,28H,8-11H2,1-3H3,(H,29,31). The van der Waals surface area contributed by atoms with E-state index >= 15 is 0 Å². The molecular formula is C25H27FIN3O2. The summed E-state index contributed by atoms with van der Waals surface area (Å²) in [6.45, 7) is 7.02. The SMILES string of the molecule is CC(C)(C)C(=O)Nc1cc2c(I)c(C3CCOCC3)n(-c3ccc(F)cc3)c2cc1C=N. The van der Waals surface area contributed by atoms with E-state index in [1.807, 2.05) is 32.9 Å². The van der Waals surface area contributed by atoms with Crippen molar-refractivity contribution in [3.05, 3.63) is 57.0 Å². The van der Waals surface area contributed by atoms with Gasteiger partial charge in [-0.2, -0.15) is 0 Å². The Morgan fingerprint density at radius 2 is 1.88 bits per heavy atom. The van der Waals surface area contributed by atoms with Gasteiger partial charge in [0.2, 0.25) is 5.91 Å². The number of halogens is 2. The topological polar surface area (TPSA) is 67.1 Å². The lowest BCUT2D eigenvalue weighted by atomic mass is 9.95. The Kier molecular flexibility index (Phi) is 6.40. The van der Waals surface area contributed by atoms with Gasteiger partial charge in [0, 0.05) is 56.7 Å². The average Bonchev–Trinajstić information content (AvgIpc) is 3.05.